The van der Waals surface area contributed by atoms with Crippen LogP contribution in [0.4, 0.5) is 5.69 Å². The van der Waals surface area contributed by atoms with Gasteiger partial charge in [-0.05, 0) is 43.2 Å². The van der Waals surface area contributed by atoms with Crippen LogP contribution < -0.4 is 5.32 Å². The first kappa shape index (κ1) is 19.5. The molecule has 146 valence electrons. The SMILES string of the molecule is COC(=O)c1ccc(NC(=O)c2cncc(C(=O)N3CCCCCC3)c2)cc1. The van der Waals surface area contributed by atoms with E-state index in [1.54, 1.807) is 30.3 Å². The number of rotatable bonds is 4. The molecule has 1 saturated heterocycles. The zero-order valence-electron chi connectivity index (χ0n) is 15.8. The highest BCUT2D eigenvalue weighted by molar-refractivity contribution is 6.06. The molecule has 1 aromatic carbocycles. The number of benzene rings is 1. The van der Waals surface area contributed by atoms with Gasteiger partial charge in [-0.15, -0.1) is 0 Å². The Morgan fingerprint density at radius 2 is 1.57 bits per heavy atom. The molecule has 2 heterocycles. The summed E-state index contributed by atoms with van der Waals surface area (Å²) in [6.07, 6.45) is 7.20. The molecule has 1 aliphatic rings. The first-order valence-electron chi connectivity index (χ1n) is 9.32. The molecule has 1 N–H and O–H groups in total. The highest BCUT2D eigenvalue weighted by Gasteiger charge is 2.19. The minimum absolute atomic E-state index is 0.0912. The number of pyridine rings is 1. The molecule has 28 heavy (non-hydrogen) atoms. The Balaban J connectivity index is 1.69. The number of anilines is 1. The molecule has 2 aromatic rings. The fourth-order valence-electron chi connectivity index (χ4n) is 3.15. The highest BCUT2D eigenvalue weighted by atomic mass is 16.5. The lowest BCUT2D eigenvalue weighted by Crippen LogP contribution is -2.32. The van der Waals surface area contributed by atoms with E-state index < -0.39 is 5.97 Å². The van der Waals surface area contributed by atoms with Crippen molar-refractivity contribution in [3.05, 3.63) is 59.4 Å². The van der Waals surface area contributed by atoms with Crippen molar-refractivity contribution < 1.29 is 19.1 Å². The number of carbonyl (C=O) groups is 3. The van der Waals surface area contributed by atoms with Crippen LogP contribution in [-0.4, -0.2) is 47.9 Å². The Hall–Kier alpha value is -3.22. The Morgan fingerprint density at radius 1 is 0.929 bits per heavy atom. The lowest BCUT2D eigenvalue weighted by atomic mass is 10.1. The van der Waals surface area contributed by atoms with Crippen LogP contribution in [0.25, 0.3) is 0 Å². The summed E-state index contributed by atoms with van der Waals surface area (Å²) in [6.45, 7) is 1.48. The van der Waals surface area contributed by atoms with Crippen LogP contribution in [-0.2, 0) is 4.74 Å². The van der Waals surface area contributed by atoms with E-state index in [0.717, 1.165) is 38.8 Å². The quantitative estimate of drug-likeness (QED) is 0.822. The number of nitrogens with one attached hydrogen (secondary N) is 1. The van der Waals surface area contributed by atoms with Crippen molar-refractivity contribution in [3.8, 4) is 0 Å². The maximum Gasteiger partial charge on any atom is 0.337 e. The standard InChI is InChI=1S/C21H23N3O4/c1-28-21(27)15-6-8-18(9-7-15)23-19(25)16-12-17(14-22-13-16)20(26)24-10-4-2-3-5-11-24/h6-9,12-14H,2-5,10-11H2,1H3,(H,23,25). The molecule has 2 amide bonds. The molecule has 0 aliphatic carbocycles. The first-order chi connectivity index (χ1) is 13.6. The van der Waals surface area contributed by atoms with Gasteiger partial charge in [-0.2, -0.15) is 0 Å². The minimum atomic E-state index is -0.443. The van der Waals surface area contributed by atoms with Crippen LogP contribution in [0.3, 0.4) is 0 Å². The smallest absolute Gasteiger partial charge is 0.337 e. The highest BCUT2D eigenvalue weighted by Crippen LogP contribution is 2.15. The predicted octanol–water partition coefficient (Wildman–Crippen LogP) is 3.14. The largest absolute Gasteiger partial charge is 0.465 e. The lowest BCUT2D eigenvalue weighted by Gasteiger charge is -2.20. The molecule has 0 unspecified atom stereocenters. The second kappa shape index (κ2) is 9.12. The molecule has 0 radical (unpaired) electrons. The Kier molecular flexibility index (Phi) is 6.37. The second-order valence-corrected chi connectivity index (χ2v) is 6.69. The van der Waals surface area contributed by atoms with Gasteiger partial charge in [0.2, 0.25) is 0 Å². The number of carbonyl (C=O) groups excluding carboxylic acids is 3. The topological polar surface area (TPSA) is 88.6 Å². The van der Waals surface area contributed by atoms with Crippen molar-refractivity contribution in [2.24, 2.45) is 0 Å². The van der Waals surface area contributed by atoms with Crippen LogP contribution >= 0.6 is 0 Å². The molecule has 0 atom stereocenters. The van der Waals surface area contributed by atoms with Crippen LogP contribution in [0.15, 0.2) is 42.7 Å². The number of aromatic nitrogens is 1. The van der Waals surface area contributed by atoms with Gasteiger partial charge in [-0.25, -0.2) is 4.79 Å². The third-order valence-electron chi connectivity index (χ3n) is 4.70. The van der Waals surface area contributed by atoms with Crippen molar-refractivity contribution >= 4 is 23.5 Å². The third-order valence-corrected chi connectivity index (χ3v) is 4.70. The van der Waals surface area contributed by atoms with Crippen LogP contribution in [0.5, 0.6) is 0 Å². The number of likely N-dealkylation sites (tertiary alicyclic amines) is 1. The van der Waals surface area contributed by atoms with E-state index in [4.69, 9.17) is 0 Å². The number of methoxy groups -OCH3 is 1. The monoisotopic (exact) mass is 381 g/mol. The summed E-state index contributed by atoms with van der Waals surface area (Å²) in [4.78, 5) is 42.6. The molecule has 0 spiro atoms. The van der Waals surface area contributed by atoms with Crippen molar-refractivity contribution in [2.45, 2.75) is 25.7 Å². The van der Waals surface area contributed by atoms with Gasteiger partial charge < -0.3 is 15.0 Å². The number of hydrogen-bond acceptors (Lipinski definition) is 5. The van der Waals surface area contributed by atoms with Crippen molar-refractivity contribution in [2.75, 3.05) is 25.5 Å². The van der Waals surface area contributed by atoms with Gasteiger partial charge in [0.25, 0.3) is 11.8 Å². The number of ether oxygens (including phenoxy) is 1. The summed E-state index contributed by atoms with van der Waals surface area (Å²) in [6, 6.07) is 7.93. The maximum atomic E-state index is 12.7. The third kappa shape index (κ3) is 4.73. The molecule has 0 saturated carbocycles. The van der Waals surface area contributed by atoms with Crippen LogP contribution in [0.2, 0.25) is 0 Å². The zero-order valence-corrected chi connectivity index (χ0v) is 15.8. The fourth-order valence-corrected chi connectivity index (χ4v) is 3.15. The average molecular weight is 381 g/mol. The van der Waals surface area contributed by atoms with Gasteiger partial charge in [0, 0.05) is 31.2 Å². The van der Waals surface area contributed by atoms with Gasteiger partial charge in [-0.1, -0.05) is 12.8 Å². The fraction of sp³-hybridized carbons (Fsp3) is 0.333. The normalized spacial score (nSPS) is 14.1. The maximum absolute atomic E-state index is 12.7. The Morgan fingerprint density at radius 3 is 2.21 bits per heavy atom. The lowest BCUT2D eigenvalue weighted by molar-refractivity contribution is 0.0600. The molecule has 1 fully saturated rings. The second-order valence-electron chi connectivity index (χ2n) is 6.69. The van der Waals surface area contributed by atoms with Gasteiger partial charge in [0.1, 0.15) is 0 Å². The minimum Gasteiger partial charge on any atom is -0.465 e. The van der Waals surface area contributed by atoms with E-state index in [2.05, 4.69) is 15.0 Å². The van der Waals surface area contributed by atoms with Gasteiger partial charge in [0.05, 0.1) is 23.8 Å². The summed E-state index contributed by atoms with van der Waals surface area (Å²) in [5, 5.41) is 2.74. The molecular weight excluding hydrogens is 358 g/mol. The van der Waals surface area contributed by atoms with Gasteiger partial charge >= 0.3 is 5.97 Å². The summed E-state index contributed by atoms with van der Waals surface area (Å²) < 4.78 is 4.65. The predicted molar refractivity (Wildman–Crippen MR) is 104 cm³/mol. The van der Waals surface area contributed by atoms with Crippen molar-refractivity contribution in [1.82, 2.24) is 9.88 Å². The summed E-state index contributed by atoms with van der Waals surface area (Å²) in [5.74, 6) is -0.905. The molecule has 0 bridgehead atoms. The Labute approximate surface area is 163 Å². The molecule has 7 heteroatoms. The Bertz CT molecular complexity index is 856. The van der Waals surface area contributed by atoms with Crippen LogP contribution in [0, 0.1) is 0 Å². The molecule has 1 aliphatic heterocycles. The number of amides is 2. The number of hydrogen-bond donors (Lipinski definition) is 1. The zero-order chi connectivity index (χ0) is 19.9. The number of nitrogens with zero attached hydrogens (tertiary/aromatic N) is 2. The average Bonchev–Trinajstić information content (AvgIpc) is 3.03. The number of esters is 1. The van der Waals surface area contributed by atoms with Crippen molar-refractivity contribution in [3.63, 3.8) is 0 Å². The summed E-state index contributed by atoms with van der Waals surface area (Å²) in [7, 11) is 1.31. The van der Waals surface area contributed by atoms with E-state index in [9.17, 15) is 14.4 Å². The first-order valence-corrected chi connectivity index (χ1v) is 9.32. The molecule has 1 aromatic heterocycles. The van der Waals surface area contributed by atoms with E-state index in [-0.39, 0.29) is 11.8 Å². The summed E-state index contributed by atoms with van der Waals surface area (Å²) >= 11 is 0. The van der Waals surface area contributed by atoms with E-state index >= 15 is 0 Å². The van der Waals surface area contributed by atoms with E-state index in [0.29, 0.717) is 22.4 Å². The van der Waals surface area contributed by atoms with Gasteiger partial charge in [-0.3, -0.25) is 14.6 Å². The van der Waals surface area contributed by atoms with E-state index in [1.807, 2.05) is 4.90 Å². The van der Waals surface area contributed by atoms with Gasteiger partial charge in [0.15, 0.2) is 0 Å². The van der Waals surface area contributed by atoms with Crippen molar-refractivity contribution in [1.29, 1.82) is 0 Å². The molecule has 3 rings (SSSR count). The summed E-state index contributed by atoms with van der Waals surface area (Å²) in [5.41, 5.74) is 1.64. The molecular formula is C21H23N3O4. The van der Waals surface area contributed by atoms with E-state index in [1.165, 1.54) is 19.5 Å². The van der Waals surface area contributed by atoms with Crippen LogP contribution in [0.1, 0.15) is 56.8 Å². The molecule has 7 nitrogen and oxygen atoms in total.